The van der Waals surface area contributed by atoms with Gasteiger partial charge in [-0.1, -0.05) is 29.0 Å². The number of nitrogens with one attached hydrogen (secondary N) is 1. The van der Waals surface area contributed by atoms with E-state index in [-0.39, 0.29) is 22.2 Å². The molecule has 0 saturated carbocycles. The number of aromatic nitrogens is 1. The Labute approximate surface area is 188 Å². The monoisotopic (exact) mass is 481 g/mol. The van der Waals surface area contributed by atoms with Crippen LogP contribution in [-0.4, -0.2) is 50.1 Å². The lowest BCUT2D eigenvalue weighted by Gasteiger charge is -2.26. The van der Waals surface area contributed by atoms with Crippen molar-refractivity contribution in [2.45, 2.75) is 18.4 Å². The number of amides is 1. The van der Waals surface area contributed by atoms with Crippen LogP contribution in [0, 0.1) is 6.92 Å². The molecule has 31 heavy (non-hydrogen) atoms. The van der Waals surface area contributed by atoms with Gasteiger partial charge in [0.2, 0.25) is 5.91 Å². The van der Waals surface area contributed by atoms with E-state index < -0.39 is 10.0 Å². The summed E-state index contributed by atoms with van der Waals surface area (Å²) in [7, 11) is -3.88. The molecule has 0 atom stereocenters. The van der Waals surface area contributed by atoms with Crippen molar-refractivity contribution in [3.63, 3.8) is 0 Å². The zero-order valence-electron chi connectivity index (χ0n) is 16.6. The van der Waals surface area contributed by atoms with Crippen LogP contribution >= 0.6 is 22.9 Å². The SMILES string of the molecule is Cc1ccc(NS(=O)(=O)c2ccc3c(c2)sc(=O)n3CC(=O)N2CCOCC2)cc1Cl. The van der Waals surface area contributed by atoms with Gasteiger partial charge in [-0.25, -0.2) is 8.42 Å². The van der Waals surface area contributed by atoms with E-state index in [9.17, 15) is 18.0 Å². The lowest BCUT2D eigenvalue weighted by atomic mass is 10.2. The number of aryl methyl sites for hydroxylation is 1. The molecule has 1 fully saturated rings. The number of hydrogen-bond donors (Lipinski definition) is 1. The number of benzene rings is 2. The maximum atomic E-state index is 12.8. The van der Waals surface area contributed by atoms with E-state index in [1.807, 2.05) is 6.92 Å². The first-order valence-electron chi connectivity index (χ1n) is 9.52. The molecular weight excluding hydrogens is 462 g/mol. The first-order chi connectivity index (χ1) is 14.7. The molecule has 8 nitrogen and oxygen atoms in total. The summed E-state index contributed by atoms with van der Waals surface area (Å²) in [5, 5.41) is 0.455. The summed E-state index contributed by atoms with van der Waals surface area (Å²) in [5.41, 5.74) is 1.70. The highest BCUT2D eigenvalue weighted by Gasteiger charge is 2.21. The number of anilines is 1. The Morgan fingerprint density at radius 2 is 1.94 bits per heavy atom. The standard InChI is InChI=1S/C20H20ClN3O5S2/c1-13-2-3-14(10-16(13)21)22-31(27,28)15-4-5-17-18(11-15)30-20(26)24(17)12-19(25)23-6-8-29-9-7-23/h2-5,10-11,22H,6-9,12H2,1H3. The number of hydrogen-bond acceptors (Lipinski definition) is 6. The Morgan fingerprint density at radius 1 is 1.19 bits per heavy atom. The predicted octanol–water partition coefficient (Wildman–Crippen LogP) is 2.68. The van der Waals surface area contributed by atoms with E-state index in [1.165, 1.54) is 16.7 Å². The molecule has 0 unspecified atom stereocenters. The van der Waals surface area contributed by atoms with E-state index in [4.69, 9.17) is 16.3 Å². The molecule has 1 aromatic heterocycles. The van der Waals surface area contributed by atoms with Crippen molar-refractivity contribution in [2.24, 2.45) is 0 Å². The van der Waals surface area contributed by atoms with Crippen LogP contribution in [0.2, 0.25) is 5.02 Å². The highest BCUT2D eigenvalue weighted by molar-refractivity contribution is 7.92. The van der Waals surface area contributed by atoms with Gasteiger partial charge in [0.25, 0.3) is 10.0 Å². The summed E-state index contributed by atoms with van der Waals surface area (Å²) < 4.78 is 35.2. The normalized spacial score (nSPS) is 14.7. The third-order valence-electron chi connectivity index (χ3n) is 5.03. The molecule has 2 heterocycles. The second-order valence-corrected chi connectivity index (χ2v) is 10.2. The second kappa shape index (κ2) is 8.62. The summed E-state index contributed by atoms with van der Waals surface area (Å²) in [6.07, 6.45) is 0. The van der Waals surface area contributed by atoms with E-state index in [2.05, 4.69) is 4.72 Å². The highest BCUT2D eigenvalue weighted by Crippen LogP contribution is 2.25. The fourth-order valence-corrected chi connectivity index (χ4v) is 5.54. The van der Waals surface area contributed by atoms with Gasteiger partial charge in [-0.15, -0.1) is 0 Å². The number of thiazole rings is 1. The largest absolute Gasteiger partial charge is 0.378 e. The van der Waals surface area contributed by atoms with Gasteiger partial charge >= 0.3 is 4.87 Å². The number of ether oxygens (including phenoxy) is 1. The number of morpholine rings is 1. The van der Waals surface area contributed by atoms with Gasteiger partial charge in [-0.3, -0.25) is 18.9 Å². The van der Waals surface area contributed by atoms with Gasteiger partial charge in [-0.05, 0) is 42.8 Å². The first-order valence-corrected chi connectivity index (χ1v) is 12.2. The third-order valence-corrected chi connectivity index (χ3v) is 7.76. The third kappa shape index (κ3) is 4.62. The van der Waals surface area contributed by atoms with E-state index in [0.29, 0.717) is 47.2 Å². The van der Waals surface area contributed by atoms with Crippen LogP contribution < -0.4 is 9.60 Å². The minimum Gasteiger partial charge on any atom is -0.378 e. The predicted molar refractivity (Wildman–Crippen MR) is 120 cm³/mol. The lowest BCUT2D eigenvalue weighted by molar-refractivity contribution is -0.135. The molecule has 0 aliphatic carbocycles. The fraction of sp³-hybridized carbons (Fsp3) is 0.300. The van der Waals surface area contributed by atoms with Gasteiger partial charge in [0, 0.05) is 18.1 Å². The van der Waals surface area contributed by atoms with Crippen molar-refractivity contribution >= 4 is 54.8 Å². The van der Waals surface area contributed by atoms with Crippen molar-refractivity contribution in [2.75, 3.05) is 31.0 Å². The minimum atomic E-state index is -3.88. The van der Waals surface area contributed by atoms with Crippen LogP contribution in [0.4, 0.5) is 5.69 Å². The van der Waals surface area contributed by atoms with Crippen molar-refractivity contribution in [3.8, 4) is 0 Å². The molecule has 4 rings (SSSR count). The maximum absolute atomic E-state index is 12.8. The Bertz CT molecular complexity index is 1310. The highest BCUT2D eigenvalue weighted by atomic mass is 35.5. The molecule has 1 N–H and O–H groups in total. The maximum Gasteiger partial charge on any atom is 0.308 e. The Kier molecular flexibility index (Phi) is 6.07. The molecule has 3 aromatic rings. The topological polar surface area (TPSA) is 97.7 Å². The smallest absolute Gasteiger partial charge is 0.308 e. The number of carbonyl (C=O) groups is 1. The van der Waals surface area contributed by atoms with Crippen LogP contribution in [0.1, 0.15) is 5.56 Å². The average molecular weight is 482 g/mol. The van der Waals surface area contributed by atoms with Gasteiger partial charge in [-0.2, -0.15) is 0 Å². The molecule has 0 radical (unpaired) electrons. The molecule has 1 amide bonds. The first kappa shape index (κ1) is 21.8. The zero-order valence-corrected chi connectivity index (χ0v) is 19.0. The number of fused-ring (bicyclic) bond motifs is 1. The van der Waals surface area contributed by atoms with Crippen LogP contribution in [-0.2, 0) is 26.1 Å². The molecule has 1 saturated heterocycles. The zero-order chi connectivity index (χ0) is 22.2. The van der Waals surface area contributed by atoms with E-state index in [0.717, 1.165) is 16.9 Å². The molecule has 0 spiro atoms. The van der Waals surface area contributed by atoms with Crippen LogP contribution in [0.3, 0.4) is 0 Å². The number of halogens is 1. The lowest BCUT2D eigenvalue weighted by Crippen LogP contribution is -2.43. The second-order valence-electron chi connectivity index (χ2n) is 7.15. The quantitative estimate of drug-likeness (QED) is 0.604. The summed E-state index contributed by atoms with van der Waals surface area (Å²) in [6.45, 7) is 3.67. The van der Waals surface area contributed by atoms with Crippen LogP contribution in [0.5, 0.6) is 0 Å². The number of carbonyl (C=O) groups excluding carboxylic acids is 1. The van der Waals surface area contributed by atoms with E-state index >= 15 is 0 Å². The van der Waals surface area contributed by atoms with E-state index in [1.54, 1.807) is 29.2 Å². The Morgan fingerprint density at radius 3 is 2.65 bits per heavy atom. The fourth-order valence-electron chi connectivity index (χ4n) is 3.28. The molecular formula is C20H20ClN3O5S2. The number of rotatable bonds is 5. The van der Waals surface area contributed by atoms with Crippen molar-refractivity contribution in [3.05, 3.63) is 56.7 Å². The van der Waals surface area contributed by atoms with Crippen LogP contribution in [0.15, 0.2) is 46.1 Å². The molecule has 1 aliphatic rings. The van der Waals surface area contributed by atoms with Gasteiger partial charge in [0.05, 0.1) is 34.0 Å². The van der Waals surface area contributed by atoms with Gasteiger partial charge in [0.1, 0.15) is 6.54 Å². The average Bonchev–Trinajstić information content (AvgIpc) is 3.05. The van der Waals surface area contributed by atoms with Gasteiger partial charge < -0.3 is 9.64 Å². The minimum absolute atomic E-state index is 0.0182. The molecule has 164 valence electrons. The molecule has 0 bridgehead atoms. The Hall–Kier alpha value is -2.40. The molecule has 2 aromatic carbocycles. The summed E-state index contributed by atoms with van der Waals surface area (Å²) in [6, 6.07) is 9.30. The molecule has 1 aliphatic heterocycles. The summed E-state index contributed by atoms with van der Waals surface area (Å²) >= 11 is 6.98. The Balaban J connectivity index is 1.60. The van der Waals surface area contributed by atoms with Crippen molar-refractivity contribution < 1.29 is 17.9 Å². The van der Waals surface area contributed by atoms with Crippen molar-refractivity contribution in [1.29, 1.82) is 0 Å². The number of sulfonamides is 1. The number of nitrogens with zero attached hydrogens (tertiary/aromatic N) is 2. The van der Waals surface area contributed by atoms with Crippen LogP contribution in [0.25, 0.3) is 10.2 Å². The summed E-state index contributed by atoms with van der Waals surface area (Å²) in [5.74, 6) is -0.167. The molecule has 11 heteroatoms. The summed E-state index contributed by atoms with van der Waals surface area (Å²) in [4.78, 5) is 26.4. The van der Waals surface area contributed by atoms with Gasteiger partial charge in [0.15, 0.2) is 0 Å². The van der Waals surface area contributed by atoms with Crippen molar-refractivity contribution in [1.82, 2.24) is 9.47 Å².